The molecule has 6 heteroatoms. The minimum Gasteiger partial charge on any atom is -0.462 e. The monoisotopic (exact) mass is 1140 g/mol. The Morgan fingerprint density at radius 1 is 0.256 bits per heavy atom. The highest BCUT2D eigenvalue weighted by Gasteiger charge is 2.19. The van der Waals surface area contributed by atoms with Gasteiger partial charge in [0.15, 0.2) is 6.10 Å². The van der Waals surface area contributed by atoms with Crippen molar-refractivity contribution in [2.75, 3.05) is 13.2 Å². The van der Waals surface area contributed by atoms with Crippen LogP contribution in [0.5, 0.6) is 0 Å². The highest BCUT2D eigenvalue weighted by Crippen LogP contribution is 2.18. The second-order valence-electron chi connectivity index (χ2n) is 23.8. The van der Waals surface area contributed by atoms with E-state index in [4.69, 9.17) is 14.2 Å². The summed E-state index contributed by atoms with van der Waals surface area (Å²) in [5.74, 6) is -0.860. The van der Waals surface area contributed by atoms with Crippen LogP contribution in [0.4, 0.5) is 0 Å². The van der Waals surface area contributed by atoms with Crippen LogP contribution < -0.4 is 0 Å². The zero-order valence-corrected chi connectivity index (χ0v) is 54.5. The van der Waals surface area contributed by atoms with Gasteiger partial charge in [-0.05, 0) is 96.3 Å². The Labute approximate surface area is 509 Å². The molecule has 0 N–H and O–H groups in total. The lowest BCUT2D eigenvalue weighted by molar-refractivity contribution is -0.167. The average molecular weight is 1140 g/mol. The molecule has 0 aromatic carbocycles. The Kier molecular flexibility index (Phi) is 67.2. The first kappa shape index (κ1) is 78.6. The molecule has 1 unspecified atom stereocenters. The molecule has 0 heterocycles. The SMILES string of the molecule is CC/C=C\C/C=C\C/C=C\C/C=C\CCCCCCCCCCCCC(=O)OC(COC(=O)CCCCCCCCCCCCCC)COC(=O)CCCCCCCCCCCCCCCC/C=C\C/C=C\C/C=C\CCCCCCC. The third kappa shape index (κ3) is 67.4. The van der Waals surface area contributed by atoms with E-state index in [1.807, 2.05) is 0 Å². The van der Waals surface area contributed by atoms with Crippen molar-refractivity contribution in [3.05, 3.63) is 85.1 Å². The van der Waals surface area contributed by atoms with Gasteiger partial charge in [-0.1, -0.05) is 331 Å². The number of esters is 3. The predicted molar refractivity (Wildman–Crippen MR) is 358 cm³/mol. The van der Waals surface area contributed by atoms with Crippen LogP contribution in [0, 0.1) is 0 Å². The van der Waals surface area contributed by atoms with Crippen LogP contribution in [0.1, 0.15) is 361 Å². The van der Waals surface area contributed by atoms with Gasteiger partial charge in [0.25, 0.3) is 0 Å². The Bertz CT molecular complexity index is 1550. The maximum Gasteiger partial charge on any atom is 0.306 e. The third-order valence-electron chi connectivity index (χ3n) is 15.6. The van der Waals surface area contributed by atoms with E-state index in [1.165, 1.54) is 225 Å². The number of allylic oxidation sites excluding steroid dienone is 14. The van der Waals surface area contributed by atoms with Gasteiger partial charge in [0, 0.05) is 19.3 Å². The lowest BCUT2D eigenvalue weighted by Crippen LogP contribution is -2.30. The van der Waals surface area contributed by atoms with Crippen molar-refractivity contribution in [2.45, 2.75) is 367 Å². The normalized spacial score (nSPS) is 12.6. The molecular weight excluding hydrogens is 1010 g/mol. The molecule has 0 spiro atoms. The molecule has 0 rings (SSSR count). The van der Waals surface area contributed by atoms with E-state index in [0.717, 1.165) is 96.3 Å². The van der Waals surface area contributed by atoms with Crippen LogP contribution in [0.25, 0.3) is 0 Å². The van der Waals surface area contributed by atoms with Crippen molar-refractivity contribution >= 4 is 17.9 Å². The topological polar surface area (TPSA) is 78.9 Å². The van der Waals surface area contributed by atoms with Crippen LogP contribution in [0.15, 0.2) is 85.1 Å². The second-order valence-corrected chi connectivity index (χ2v) is 23.8. The number of carbonyl (C=O) groups excluding carboxylic acids is 3. The van der Waals surface area contributed by atoms with E-state index < -0.39 is 6.10 Å². The van der Waals surface area contributed by atoms with E-state index in [1.54, 1.807) is 0 Å². The molecule has 6 nitrogen and oxygen atoms in total. The van der Waals surface area contributed by atoms with E-state index >= 15 is 0 Å². The van der Waals surface area contributed by atoms with Crippen molar-refractivity contribution in [1.82, 2.24) is 0 Å². The second kappa shape index (κ2) is 70.1. The molecule has 1 atom stereocenters. The molecule has 0 aliphatic carbocycles. The molecule has 0 aromatic heterocycles. The Balaban J connectivity index is 4.23. The molecule has 0 saturated carbocycles. The molecule has 0 radical (unpaired) electrons. The molecule has 0 aliphatic rings. The molecule has 0 amide bonds. The number of unbranched alkanes of at least 4 members (excludes halogenated alkanes) is 40. The van der Waals surface area contributed by atoms with Crippen molar-refractivity contribution in [3.8, 4) is 0 Å². The van der Waals surface area contributed by atoms with Gasteiger partial charge in [0.1, 0.15) is 13.2 Å². The number of hydrogen-bond donors (Lipinski definition) is 0. The van der Waals surface area contributed by atoms with Gasteiger partial charge in [-0.2, -0.15) is 0 Å². The summed E-state index contributed by atoms with van der Waals surface area (Å²) in [6.07, 6.45) is 93.2. The quantitative estimate of drug-likeness (QED) is 0.0261. The zero-order valence-electron chi connectivity index (χ0n) is 54.5. The Morgan fingerprint density at radius 2 is 0.476 bits per heavy atom. The zero-order chi connectivity index (χ0) is 59.2. The summed E-state index contributed by atoms with van der Waals surface area (Å²) in [6.45, 7) is 6.56. The van der Waals surface area contributed by atoms with Crippen molar-refractivity contribution < 1.29 is 28.6 Å². The van der Waals surface area contributed by atoms with Crippen LogP contribution in [-0.4, -0.2) is 37.2 Å². The molecule has 0 aromatic rings. The summed E-state index contributed by atoms with van der Waals surface area (Å²) < 4.78 is 17.0. The van der Waals surface area contributed by atoms with Gasteiger partial charge in [-0.3, -0.25) is 14.4 Å². The van der Waals surface area contributed by atoms with Gasteiger partial charge < -0.3 is 14.2 Å². The lowest BCUT2D eigenvalue weighted by Gasteiger charge is -2.18. The van der Waals surface area contributed by atoms with Crippen molar-refractivity contribution in [1.29, 1.82) is 0 Å². The summed E-state index contributed by atoms with van der Waals surface area (Å²) >= 11 is 0. The van der Waals surface area contributed by atoms with Gasteiger partial charge in [-0.15, -0.1) is 0 Å². The first-order valence-corrected chi connectivity index (χ1v) is 35.6. The number of hydrogen-bond acceptors (Lipinski definition) is 6. The predicted octanol–water partition coefficient (Wildman–Crippen LogP) is 24.6. The number of ether oxygens (including phenoxy) is 3. The highest BCUT2D eigenvalue weighted by atomic mass is 16.6. The van der Waals surface area contributed by atoms with Gasteiger partial charge in [0.05, 0.1) is 0 Å². The van der Waals surface area contributed by atoms with Crippen LogP contribution >= 0.6 is 0 Å². The molecule has 474 valence electrons. The fourth-order valence-corrected chi connectivity index (χ4v) is 10.3. The van der Waals surface area contributed by atoms with Crippen molar-refractivity contribution in [3.63, 3.8) is 0 Å². The number of carbonyl (C=O) groups is 3. The van der Waals surface area contributed by atoms with E-state index in [9.17, 15) is 14.4 Å². The van der Waals surface area contributed by atoms with Gasteiger partial charge >= 0.3 is 17.9 Å². The summed E-state index contributed by atoms with van der Waals surface area (Å²) in [7, 11) is 0. The average Bonchev–Trinajstić information content (AvgIpc) is 3.47. The summed E-state index contributed by atoms with van der Waals surface area (Å²) in [6, 6.07) is 0. The van der Waals surface area contributed by atoms with E-state index in [-0.39, 0.29) is 31.1 Å². The standard InChI is InChI=1S/C76H134O6/c1-4-7-10-13-16-19-22-25-27-29-31-33-35-36-37-38-39-40-42-43-45-47-49-51-54-57-60-63-66-69-75(78)81-72-73(71-80-74(77)68-65-62-59-56-53-24-21-18-15-12-9-6-3)82-76(79)70-67-64-61-58-55-52-50-48-46-44-41-34-32-30-28-26-23-20-17-14-11-8-5-2/h8,11,17,20,22,25-26,28-29,31-32,34-36,73H,4-7,9-10,12-16,18-19,21,23-24,27,30,33,37-72H2,1-3H3/b11-8-,20-17-,25-22-,28-26-,31-29-,34-32-,36-35-. The first-order chi connectivity index (χ1) is 40.5. The van der Waals surface area contributed by atoms with Crippen molar-refractivity contribution in [2.24, 2.45) is 0 Å². The Hall–Kier alpha value is -3.41. The van der Waals surface area contributed by atoms with E-state index in [0.29, 0.717) is 19.3 Å². The maximum absolute atomic E-state index is 12.9. The van der Waals surface area contributed by atoms with Crippen LogP contribution in [-0.2, 0) is 28.6 Å². The summed E-state index contributed by atoms with van der Waals surface area (Å²) in [5, 5.41) is 0. The van der Waals surface area contributed by atoms with Gasteiger partial charge in [0.2, 0.25) is 0 Å². The lowest BCUT2D eigenvalue weighted by atomic mass is 10.0. The molecule has 0 saturated heterocycles. The molecular formula is C76H134O6. The summed E-state index contributed by atoms with van der Waals surface area (Å²) in [5.41, 5.74) is 0. The molecule has 0 fully saturated rings. The third-order valence-corrected chi connectivity index (χ3v) is 15.6. The summed E-state index contributed by atoms with van der Waals surface area (Å²) in [4.78, 5) is 38.4. The minimum atomic E-state index is -0.778. The smallest absolute Gasteiger partial charge is 0.306 e. The van der Waals surface area contributed by atoms with Crippen LogP contribution in [0.3, 0.4) is 0 Å². The number of rotatable bonds is 65. The Morgan fingerprint density at radius 3 is 0.744 bits per heavy atom. The van der Waals surface area contributed by atoms with Gasteiger partial charge in [-0.25, -0.2) is 0 Å². The molecule has 82 heavy (non-hydrogen) atoms. The first-order valence-electron chi connectivity index (χ1n) is 35.6. The van der Waals surface area contributed by atoms with E-state index in [2.05, 4.69) is 106 Å². The maximum atomic E-state index is 12.9. The van der Waals surface area contributed by atoms with Crippen LogP contribution in [0.2, 0.25) is 0 Å². The molecule has 0 aliphatic heterocycles. The fourth-order valence-electron chi connectivity index (χ4n) is 10.3. The fraction of sp³-hybridized carbons (Fsp3) is 0.776. The minimum absolute atomic E-state index is 0.0740. The molecule has 0 bridgehead atoms. The highest BCUT2D eigenvalue weighted by molar-refractivity contribution is 5.71. The largest absolute Gasteiger partial charge is 0.462 e.